The van der Waals surface area contributed by atoms with Gasteiger partial charge in [-0.15, -0.1) is 0 Å². The molecule has 0 aliphatic carbocycles. The second-order valence-electron chi connectivity index (χ2n) is 5.60. The summed E-state index contributed by atoms with van der Waals surface area (Å²) in [5, 5.41) is 5.32. The van der Waals surface area contributed by atoms with Crippen molar-refractivity contribution >= 4 is 22.6 Å². The van der Waals surface area contributed by atoms with Gasteiger partial charge in [0, 0.05) is 7.05 Å². The monoisotopic (exact) mass is 310 g/mol. The van der Waals surface area contributed by atoms with Crippen molar-refractivity contribution in [3.05, 3.63) is 17.2 Å². The maximum absolute atomic E-state index is 6.16. The highest BCUT2D eigenvalue weighted by atomic mass is 35.5. The molecule has 0 saturated carbocycles. The average molecular weight is 311 g/mol. The number of ether oxygens (including phenoxy) is 2. The van der Waals surface area contributed by atoms with Gasteiger partial charge in [0.15, 0.2) is 11.5 Å². The zero-order valence-corrected chi connectivity index (χ0v) is 13.2. The Labute approximate surface area is 128 Å². The minimum Gasteiger partial charge on any atom is -0.375 e. The van der Waals surface area contributed by atoms with Crippen LogP contribution in [0.1, 0.15) is 32.5 Å². The number of halogens is 1. The molecule has 1 fully saturated rings. The lowest BCUT2D eigenvalue weighted by Gasteiger charge is -2.31. The van der Waals surface area contributed by atoms with Crippen molar-refractivity contribution in [3.8, 4) is 0 Å². The summed E-state index contributed by atoms with van der Waals surface area (Å²) < 4.78 is 13.3. The second kappa shape index (κ2) is 5.87. The van der Waals surface area contributed by atoms with Crippen LogP contribution in [0, 0.1) is 0 Å². The van der Waals surface area contributed by atoms with Crippen molar-refractivity contribution < 1.29 is 9.47 Å². The number of fused-ring (bicyclic) bond motifs is 1. The second-order valence-corrected chi connectivity index (χ2v) is 5.96. The first-order valence-electron chi connectivity index (χ1n) is 7.14. The van der Waals surface area contributed by atoms with Gasteiger partial charge in [0.05, 0.1) is 29.9 Å². The molecule has 2 unspecified atom stereocenters. The summed E-state index contributed by atoms with van der Waals surface area (Å²) in [7, 11) is 1.83. The van der Waals surface area contributed by atoms with E-state index in [4.69, 9.17) is 21.1 Å². The fourth-order valence-electron chi connectivity index (χ4n) is 2.77. The molecule has 3 heterocycles. The lowest BCUT2D eigenvalue weighted by atomic mass is 10.0. The van der Waals surface area contributed by atoms with Gasteiger partial charge in [-0.3, -0.25) is 4.68 Å². The Morgan fingerprint density at radius 1 is 1.33 bits per heavy atom. The third-order valence-corrected chi connectivity index (χ3v) is 3.98. The van der Waals surface area contributed by atoms with Gasteiger partial charge in [0.2, 0.25) is 0 Å². The molecule has 21 heavy (non-hydrogen) atoms. The molecule has 114 valence electrons. The Bertz CT molecular complexity index is 635. The molecule has 7 heteroatoms. The van der Waals surface area contributed by atoms with E-state index < -0.39 is 0 Å². The molecule has 0 N–H and O–H groups in total. The fraction of sp³-hybridized carbons (Fsp3) is 0.643. The molecule has 2 aromatic heterocycles. The highest BCUT2D eigenvalue weighted by molar-refractivity contribution is 6.33. The summed E-state index contributed by atoms with van der Waals surface area (Å²) >= 11 is 6.16. The first kappa shape index (κ1) is 14.7. The van der Waals surface area contributed by atoms with E-state index in [9.17, 15) is 0 Å². The maximum Gasteiger partial charge on any atom is 0.162 e. The minimum atomic E-state index is 0.174. The first-order chi connectivity index (χ1) is 10.0. The quantitative estimate of drug-likeness (QED) is 0.815. The van der Waals surface area contributed by atoms with Crippen LogP contribution in [0.2, 0.25) is 5.15 Å². The summed E-state index contributed by atoms with van der Waals surface area (Å²) in [4.78, 5) is 8.75. The van der Waals surface area contributed by atoms with Crippen LogP contribution in [0.5, 0.6) is 0 Å². The Morgan fingerprint density at radius 2 is 2.05 bits per heavy atom. The molecule has 6 nitrogen and oxygen atoms in total. The van der Waals surface area contributed by atoms with Crippen molar-refractivity contribution in [3.63, 3.8) is 0 Å². The van der Waals surface area contributed by atoms with Gasteiger partial charge in [0.1, 0.15) is 11.8 Å². The number of rotatable bonds is 3. The Hall–Kier alpha value is -1.24. The third-order valence-electron chi connectivity index (χ3n) is 3.69. The van der Waals surface area contributed by atoms with E-state index in [-0.39, 0.29) is 18.3 Å². The summed E-state index contributed by atoms with van der Waals surface area (Å²) in [6, 6.07) is 0. The van der Waals surface area contributed by atoms with Crippen LogP contribution < -0.4 is 0 Å². The van der Waals surface area contributed by atoms with Crippen LogP contribution in [0.3, 0.4) is 0 Å². The van der Waals surface area contributed by atoms with Crippen LogP contribution in [0.15, 0.2) is 6.20 Å². The van der Waals surface area contributed by atoms with E-state index in [1.807, 2.05) is 7.05 Å². The summed E-state index contributed by atoms with van der Waals surface area (Å²) in [5.41, 5.74) is 0.724. The Balaban J connectivity index is 1.71. The van der Waals surface area contributed by atoms with Crippen molar-refractivity contribution in [2.24, 2.45) is 7.05 Å². The minimum absolute atomic E-state index is 0.174. The summed E-state index contributed by atoms with van der Waals surface area (Å²) in [6.07, 6.45) is 4.08. The average Bonchev–Trinajstić information content (AvgIpc) is 2.78. The molecular formula is C14H19ClN4O2. The molecule has 3 rings (SSSR count). The molecule has 1 aliphatic heterocycles. The molecule has 0 bridgehead atoms. The number of aromatic nitrogens is 4. The lowest BCUT2D eigenvalue weighted by molar-refractivity contribution is -0.107. The van der Waals surface area contributed by atoms with Crippen molar-refractivity contribution in [2.45, 2.75) is 51.6 Å². The van der Waals surface area contributed by atoms with Crippen molar-refractivity contribution in [1.29, 1.82) is 0 Å². The molecule has 0 aromatic carbocycles. The zero-order chi connectivity index (χ0) is 15.0. The van der Waals surface area contributed by atoms with Crippen LogP contribution >= 0.6 is 11.6 Å². The molecular weight excluding hydrogens is 292 g/mol. The normalized spacial score (nSPS) is 26.4. The largest absolute Gasteiger partial charge is 0.375 e. The number of hydrogen-bond donors (Lipinski definition) is 0. The van der Waals surface area contributed by atoms with E-state index in [2.05, 4.69) is 28.9 Å². The predicted molar refractivity (Wildman–Crippen MR) is 79.1 cm³/mol. The topological polar surface area (TPSA) is 62.1 Å². The van der Waals surface area contributed by atoms with Gasteiger partial charge in [-0.05, 0) is 26.7 Å². The van der Waals surface area contributed by atoms with Gasteiger partial charge in [-0.1, -0.05) is 11.6 Å². The SMILES string of the molecule is CC1CC(OCc2nc(Cl)c3cnn(C)c3n2)CC(C)O1. The highest BCUT2D eigenvalue weighted by Gasteiger charge is 2.25. The van der Waals surface area contributed by atoms with Crippen LogP contribution in [0.25, 0.3) is 11.0 Å². The lowest BCUT2D eigenvalue weighted by Crippen LogP contribution is -2.34. The molecule has 1 saturated heterocycles. The standard InChI is InChI=1S/C14H19ClN4O2/c1-8-4-10(5-9(2)21-8)20-7-12-17-13(15)11-6-16-19(3)14(11)18-12/h6,8-10H,4-5,7H2,1-3H3. The molecule has 2 aromatic rings. The van der Waals surface area contributed by atoms with Crippen molar-refractivity contribution in [2.75, 3.05) is 0 Å². The maximum atomic E-state index is 6.16. The molecule has 0 radical (unpaired) electrons. The van der Waals surface area contributed by atoms with Gasteiger partial charge in [0.25, 0.3) is 0 Å². The van der Waals surface area contributed by atoms with Crippen LogP contribution in [-0.2, 0) is 23.1 Å². The zero-order valence-electron chi connectivity index (χ0n) is 12.4. The van der Waals surface area contributed by atoms with E-state index in [1.54, 1.807) is 10.9 Å². The number of nitrogens with zero attached hydrogens (tertiary/aromatic N) is 4. The van der Waals surface area contributed by atoms with Gasteiger partial charge in [-0.2, -0.15) is 5.10 Å². The number of aryl methyl sites for hydroxylation is 1. The van der Waals surface area contributed by atoms with Crippen LogP contribution in [0.4, 0.5) is 0 Å². The predicted octanol–water partition coefficient (Wildman–Crippen LogP) is 2.49. The third kappa shape index (κ3) is 3.17. The first-order valence-corrected chi connectivity index (χ1v) is 7.52. The van der Waals surface area contributed by atoms with Crippen LogP contribution in [-0.4, -0.2) is 38.1 Å². The van der Waals surface area contributed by atoms with Gasteiger partial charge in [-0.25, -0.2) is 9.97 Å². The van der Waals surface area contributed by atoms with Crippen molar-refractivity contribution in [1.82, 2.24) is 19.7 Å². The van der Waals surface area contributed by atoms with Gasteiger partial charge >= 0.3 is 0 Å². The van der Waals surface area contributed by atoms with E-state index in [0.29, 0.717) is 17.6 Å². The highest BCUT2D eigenvalue weighted by Crippen LogP contribution is 2.23. The molecule has 2 atom stereocenters. The molecule has 0 amide bonds. The molecule has 1 aliphatic rings. The molecule has 0 spiro atoms. The van der Waals surface area contributed by atoms with Gasteiger partial charge < -0.3 is 9.47 Å². The summed E-state index contributed by atoms with van der Waals surface area (Å²) in [6.45, 7) is 4.49. The smallest absolute Gasteiger partial charge is 0.162 e. The van der Waals surface area contributed by atoms with E-state index in [0.717, 1.165) is 23.9 Å². The van der Waals surface area contributed by atoms with E-state index >= 15 is 0 Å². The fourth-order valence-corrected chi connectivity index (χ4v) is 3.00. The summed E-state index contributed by atoms with van der Waals surface area (Å²) in [5.74, 6) is 0.586. The number of hydrogen-bond acceptors (Lipinski definition) is 5. The van der Waals surface area contributed by atoms with E-state index in [1.165, 1.54) is 0 Å². The Kier molecular flexibility index (Phi) is 4.10. The Morgan fingerprint density at radius 3 is 2.76 bits per heavy atom.